The minimum Gasteiger partial charge on any atom is -0.456 e. The first kappa shape index (κ1) is 33.4. The normalized spacial score (nSPS) is 13.4. The highest BCUT2D eigenvalue weighted by molar-refractivity contribution is 6.18. The molecule has 0 radical (unpaired) electrons. The monoisotopic (exact) mass is 767 g/mol. The fourth-order valence-electron chi connectivity index (χ4n) is 10.4. The van der Waals surface area contributed by atoms with Gasteiger partial charge in [-0.2, -0.15) is 0 Å². The zero-order chi connectivity index (χ0) is 39.7. The molecular formula is C57H37NO2. The van der Waals surface area contributed by atoms with Crippen LogP contribution < -0.4 is 9.64 Å². The van der Waals surface area contributed by atoms with E-state index in [4.69, 9.17) is 9.15 Å². The number of fused-ring (bicyclic) bond motifs is 11. The Morgan fingerprint density at radius 3 is 1.93 bits per heavy atom. The Labute approximate surface area is 347 Å². The molecule has 0 unspecified atom stereocenters. The van der Waals surface area contributed by atoms with E-state index >= 15 is 0 Å². The fraction of sp³-hybridized carbons (Fsp3) is 0.0526. The van der Waals surface area contributed by atoms with Gasteiger partial charge in [0.15, 0.2) is 0 Å². The number of furan rings is 1. The second-order valence-electron chi connectivity index (χ2n) is 16.8. The summed E-state index contributed by atoms with van der Waals surface area (Å²) >= 11 is 0. The van der Waals surface area contributed by atoms with Crippen molar-refractivity contribution in [2.24, 2.45) is 0 Å². The molecular weight excluding hydrogens is 731 g/mol. The highest BCUT2D eigenvalue weighted by atomic mass is 16.5. The van der Waals surface area contributed by atoms with Crippen LogP contribution in [0.4, 0.5) is 17.1 Å². The SMILES string of the molecule is CC1(C)c2ccccc2-c2cc(N(c3ccc4c(c3)Oc3ccc(-c5cc6ccccc6c6ccccc56)c5cccc-4c35)c3ccc4oc5ccccc5c4c3)ccc21. The number of rotatable bonds is 4. The highest BCUT2D eigenvalue weighted by Crippen LogP contribution is 2.54. The maximum Gasteiger partial charge on any atom is 0.137 e. The summed E-state index contributed by atoms with van der Waals surface area (Å²) in [5.74, 6) is 1.71. The molecule has 2 heterocycles. The molecule has 60 heavy (non-hydrogen) atoms. The molecule has 2 aliphatic rings. The van der Waals surface area contributed by atoms with Crippen molar-refractivity contribution in [3.63, 3.8) is 0 Å². The number of benzene rings is 10. The smallest absolute Gasteiger partial charge is 0.137 e. The van der Waals surface area contributed by atoms with E-state index in [9.17, 15) is 0 Å². The molecule has 1 aliphatic heterocycles. The van der Waals surface area contributed by atoms with Gasteiger partial charge >= 0.3 is 0 Å². The third-order valence-corrected chi connectivity index (χ3v) is 13.2. The van der Waals surface area contributed by atoms with Crippen LogP contribution in [0.1, 0.15) is 25.0 Å². The van der Waals surface area contributed by atoms with E-state index in [1.165, 1.54) is 65.9 Å². The third-order valence-electron chi connectivity index (χ3n) is 13.2. The predicted molar refractivity (Wildman–Crippen MR) is 249 cm³/mol. The van der Waals surface area contributed by atoms with Crippen LogP contribution >= 0.6 is 0 Å². The lowest BCUT2D eigenvalue weighted by Gasteiger charge is -2.29. The van der Waals surface area contributed by atoms with Gasteiger partial charge in [0, 0.05) is 50.3 Å². The van der Waals surface area contributed by atoms with E-state index in [1.54, 1.807) is 0 Å². The molecule has 0 saturated carbocycles. The molecule has 1 aliphatic carbocycles. The topological polar surface area (TPSA) is 25.6 Å². The maximum atomic E-state index is 6.98. The van der Waals surface area contributed by atoms with Gasteiger partial charge in [0.1, 0.15) is 22.7 Å². The van der Waals surface area contributed by atoms with Crippen molar-refractivity contribution in [3.05, 3.63) is 199 Å². The Bertz CT molecular complexity index is 3630. The number of hydrogen-bond donors (Lipinski definition) is 0. The second kappa shape index (κ2) is 12.2. The minimum absolute atomic E-state index is 0.0841. The van der Waals surface area contributed by atoms with Gasteiger partial charge in [0.25, 0.3) is 0 Å². The van der Waals surface area contributed by atoms with Crippen LogP contribution in [0.2, 0.25) is 0 Å². The molecule has 13 rings (SSSR count). The molecule has 0 amide bonds. The van der Waals surface area contributed by atoms with Gasteiger partial charge in [-0.3, -0.25) is 0 Å². The van der Waals surface area contributed by atoms with Gasteiger partial charge in [-0.1, -0.05) is 135 Å². The van der Waals surface area contributed by atoms with Gasteiger partial charge in [0.2, 0.25) is 0 Å². The van der Waals surface area contributed by atoms with Crippen molar-refractivity contribution in [3.8, 4) is 44.9 Å². The van der Waals surface area contributed by atoms with Gasteiger partial charge in [-0.25, -0.2) is 0 Å². The first-order valence-corrected chi connectivity index (χ1v) is 20.7. The Balaban J connectivity index is 0.989. The quantitative estimate of drug-likeness (QED) is 0.167. The summed E-state index contributed by atoms with van der Waals surface area (Å²) in [5, 5.41) is 9.54. The van der Waals surface area contributed by atoms with Crippen LogP contribution in [-0.4, -0.2) is 0 Å². The van der Waals surface area contributed by atoms with Crippen LogP contribution in [0, 0.1) is 0 Å². The molecule has 10 aromatic carbocycles. The second-order valence-corrected chi connectivity index (χ2v) is 16.8. The van der Waals surface area contributed by atoms with Crippen LogP contribution in [0.5, 0.6) is 11.5 Å². The average molecular weight is 768 g/mol. The summed E-state index contributed by atoms with van der Waals surface area (Å²) < 4.78 is 13.3. The standard InChI is InChI=1S/C57H37NO2/c1-57(2)50-20-9-7-16-42(50)48-31-35(23-27-51(48)57)58(36-24-28-53-49(32-36)43-17-8-10-21-52(43)59-53)37-22-25-44-46-19-11-18-45-41(26-29-54(56(45)46)60-55(44)33-37)47-30-34-12-3-4-13-38(34)39-14-5-6-15-40(39)47/h3-33H,1-2H3. The Morgan fingerprint density at radius 1 is 0.367 bits per heavy atom. The molecule has 0 spiro atoms. The van der Waals surface area contributed by atoms with Crippen LogP contribution in [-0.2, 0) is 5.41 Å². The largest absolute Gasteiger partial charge is 0.456 e. The van der Waals surface area contributed by atoms with Crippen molar-refractivity contribution in [1.29, 1.82) is 0 Å². The molecule has 0 bridgehead atoms. The molecule has 3 nitrogen and oxygen atoms in total. The Morgan fingerprint density at radius 2 is 1.02 bits per heavy atom. The van der Waals surface area contributed by atoms with Crippen LogP contribution in [0.25, 0.3) is 87.6 Å². The molecule has 3 heteroatoms. The van der Waals surface area contributed by atoms with Crippen molar-refractivity contribution in [1.82, 2.24) is 0 Å². The van der Waals surface area contributed by atoms with E-state index in [2.05, 4.69) is 195 Å². The molecule has 0 saturated heterocycles. The Kier molecular flexibility index (Phi) is 6.78. The number of para-hydroxylation sites is 1. The highest BCUT2D eigenvalue weighted by Gasteiger charge is 2.36. The summed E-state index contributed by atoms with van der Waals surface area (Å²) in [7, 11) is 0. The average Bonchev–Trinajstić information content (AvgIpc) is 3.77. The fourth-order valence-corrected chi connectivity index (χ4v) is 10.4. The summed E-state index contributed by atoms with van der Waals surface area (Å²) in [5.41, 5.74) is 14.8. The van der Waals surface area contributed by atoms with E-state index in [-0.39, 0.29) is 5.41 Å². The Hall–Kier alpha value is -7.62. The molecule has 0 fully saturated rings. The molecule has 0 N–H and O–H groups in total. The van der Waals surface area contributed by atoms with E-state index in [0.717, 1.165) is 61.4 Å². The van der Waals surface area contributed by atoms with E-state index < -0.39 is 0 Å². The number of ether oxygens (including phenoxy) is 1. The summed E-state index contributed by atoms with van der Waals surface area (Å²) in [4.78, 5) is 2.36. The van der Waals surface area contributed by atoms with Crippen molar-refractivity contribution in [2.45, 2.75) is 19.3 Å². The number of hydrogen-bond acceptors (Lipinski definition) is 3. The number of anilines is 3. The van der Waals surface area contributed by atoms with Gasteiger partial charge in [-0.05, 0) is 127 Å². The van der Waals surface area contributed by atoms with E-state index in [1.807, 2.05) is 12.1 Å². The maximum absolute atomic E-state index is 6.98. The number of nitrogens with zero attached hydrogens (tertiary/aromatic N) is 1. The van der Waals surface area contributed by atoms with Crippen LogP contribution in [0.3, 0.4) is 0 Å². The summed E-state index contributed by atoms with van der Waals surface area (Å²) in [6.07, 6.45) is 0. The van der Waals surface area contributed by atoms with Gasteiger partial charge in [-0.15, -0.1) is 0 Å². The van der Waals surface area contributed by atoms with E-state index in [0.29, 0.717) is 0 Å². The first-order chi connectivity index (χ1) is 29.5. The molecule has 0 atom stereocenters. The van der Waals surface area contributed by atoms with Gasteiger partial charge in [0.05, 0.1) is 0 Å². The zero-order valence-corrected chi connectivity index (χ0v) is 33.2. The summed E-state index contributed by atoms with van der Waals surface area (Å²) in [6, 6.07) is 68.2. The lowest BCUT2D eigenvalue weighted by atomic mass is 9.82. The lowest BCUT2D eigenvalue weighted by Crippen LogP contribution is -2.15. The molecule has 1 aromatic heterocycles. The van der Waals surface area contributed by atoms with Gasteiger partial charge < -0.3 is 14.1 Å². The molecule has 282 valence electrons. The third kappa shape index (κ3) is 4.66. The van der Waals surface area contributed by atoms with Crippen LogP contribution in [0.15, 0.2) is 192 Å². The minimum atomic E-state index is -0.0841. The lowest BCUT2D eigenvalue weighted by molar-refractivity contribution is 0.487. The van der Waals surface area contributed by atoms with Crippen molar-refractivity contribution >= 4 is 71.3 Å². The van der Waals surface area contributed by atoms with Crippen molar-refractivity contribution < 1.29 is 9.15 Å². The first-order valence-electron chi connectivity index (χ1n) is 20.7. The zero-order valence-electron chi connectivity index (χ0n) is 33.2. The predicted octanol–water partition coefficient (Wildman–Crippen LogP) is 16.3. The molecule has 11 aromatic rings. The summed E-state index contributed by atoms with van der Waals surface area (Å²) in [6.45, 7) is 4.67. The van der Waals surface area contributed by atoms with Crippen molar-refractivity contribution in [2.75, 3.05) is 4.90 Å².